The fourth-order valence-electron chi connectivity index (χ4n) is 3.96. The number of rotatable bonds is 3. The van der Waals surface area contributed by atoms with E-state index in [1.165, 1.54) is 10.8 Å². The molecule has 1 aromatic carbocycles. The van der Waals surface area contributed by atoms with Gasteiger partial charge in [0.1, 0.15) is 11.6 Å². The molecule has 1 saturated carbocycles. The zero-order chi connectivity index (χ0) is 22.6. The summed E-state index contributed by atoms with van der Waals surface area (Å²) in [5.41, 5.74) is 0.981. The van der Waals surface area contributed by atoms with Crippen molar-refractivity contribution in [3.05, 3.63) is 45.6 Å². The maximum atomic E-state index is 14.7. The first-order valence-electron chi connectivity index (χ1n) is 9.92. The minimum Gasteiger partial charge on any atom is -0.480 e. The van der Waals surface area contributed by atoms with Crippen molar-refractivity contribution < 1.29 is 13.5 Å². The van der Waals surface area contributed by atoms with Crippen LogP contribution in [0, 0.1) is 17.2 Å². The number of anilines is 3. The minimum absolute atomic E-state index is 0.0341. The third-order valence-corrected chi connectivity index (χ3v) is 5.94. The van der Waals surface area contributed by atoms with Crippen molar-refractivity contribution in [3.8, 4) is 11.8 Å². The van der Waals surface area contributed by atoms with Crippen LogP contribution in [0.3, 0.4) is 0 Å². The number of fused-ring (bicyclic) bond motifs is 3. The molecule has 0 spiro atoms. The van der Waals surface area contributed by atoms with E-state index in [2.05, 4.69) is 20.6 Å². The van der Waals surface area contributed by atoms with Gasteiger partial charge in [-0.2, -0.15) is 10.2 Å². The van der Waals surface area contributed by atoms with E-state index in [1.54, 1.807) is 25.2 Å². The average molecular weight is 459 g/mol. The van der Waals surface area contributed by atoms with Crippen molar-refractivity contribution in [2.45, 2.75) is 24.8 Å². The first kappa shape index (κ1) is 20.5. The number of benzene rings is 1. The van der Waals surface area contributed by atoms with Gasteiger partial charge in [0, 0.05) is 18.1 Å². The minimum atomic E-state index is -3.12. The number of ether oxygens (including phenoxy) is 1. The van der Waals surface area contributed by atoms with Gasteiger partial charge in [-0.1, -0.05) is 0 Å². The Bertz CT molecular complexity index is 1350. The summed E-state index contributed by atoms with van der Waals surface area (Å²) in [5.74, 6) is -3.23. The van der Waals surface area contributed by atoms with E-state index in [9.17, 15) is 18.8 Å². The van der Waals surface area contributed by atoms with Crippen LogP contribution < -0.4 is 20.9 Å². The van der Waals surface area contributed by atoms with Crippen molar-refractivity contribution in [2.75, 3.05) is 17.2 Å². The summed E-state index contributed by atoms with van der Waals surface area (Å²) in [6.45, 7) is -0.863. The van der Waals surface area contributed by atoms with Gasteiger partial charge in [-0.15, -0.1) is 0 Å². The predicted octanol–water partition coefficient (Wildman–Crippen LogP) is 3.82. The second-order valence-corrected chi connectivity index (χ2v) is 8.29. The molecule has 2 aromatic heterocycles. The fraction of sp³-hybridized carbons (Fsp3) is 0.333. The third-order valence-electron chi connectivity index (χ3n) is 5.75. The molecule has 32 heavy (non-hydrogen) atoms. The number of nitrogens with one attached hydrogen (secondary N) is 2. The highest BCUT2D eigenvalue weighted by Gasteiger charge is 2.51. The highest BCUT2D eigenvalue weighted by molar-refractivity contribution is 6.28. The number of alkyl halides is 2. The van der Waals surface area contributed by atoms with Gasteiger partial charge in [0.15, 0.2) is 12.4 Å². The molecule has 1 unspecified atom stereocenters. The molecule has 1 aliphatic heterocycles. The van der Waals surface area contributed by atoms with Crippen molar-refractivity contribution in [1.29, 1.82) is 5.26 Å². The molecule has 1 atom stereocenters. The maximum absolute atomic E-state index is 14.7. The van der Waals surface area contributed by atoms with Crippen LogP contribution >= 0.6 is 11.6 Å². The maximum Gasteiger partial charge on any atom is 0.301 e. The third kappa shape index (κ3) is 3.39. The summed E-state index contributed by atoms with van der Waals surface area (Å²) in [6, 6.07) is 5.92. The SMILES string of the molecule is Cn1c(=O)c2c(c3cc(Nc4nc(Cl)ncc4C#N)ccc31)NC(C1CC1)C(F)(F)CO2. The second kappa shape index (κ2) is 7.31. The molecule has 1 fully saturated rings. The van der Waals surface area contributed by atoms with Crippen molar-refractivity contribution in [3.63, 3.8) is 0 Å². The van der Waals surface area contributed by atoms with Crippen LogP contribution in [0.2, 0.25) is 5.28 Å². The van der Waals surface area contributed by atoms with E-state index < -0.39 is 24.1 Å². The zero-order valence-electron chi connectivity index (χ0n) is 16.8. The topological polar surface area (TPSA) is 105 Å². The van der Waals surface area contributed by atoms with E-state index in [1.807, 2.05) is 6.07 Å². The van der Waals surface area contributed by atoms with Gasteiger partial charge >= 0.3 is 5.92 Å². The Morgan fingerprint density at radius 1 is 1.41 bits per heavy atom. The van der Waals surface area contributed by atoms with Gasteiger partial charge < -0.3 is 19.9 Å². The summed E-state index contributed by atoms with van der Waals surface area (Å²) < 4.78 is 36.2. The average Bonchev–Trinajstić information content (AvgIpc) is 3.60. The lowest BCUT2D eigenvalue weighted by Crippen LogP contribution is -2.44. The summed E-state index contributed by atoms with van der Waals surface area (Å²) in [7, 11) is 1.56. The van der Waals surface area contributed by atoms with E-state index in [0.717, 1.165) is 0 Å². The largest absolute Gasteiger partial charge is 0.480 e. The molecular formula is C21H17ClF2N6O2. The molecule has 0 bridgehead atoms. The molecule has 5 rings (SSSR count). The first-order valence-corrected chi connectivity index (χ1v) is 10.3. The van der Waals surface area contributed by atoms with Crippen LogP contribution in [-0.2, 0) is 7.05 Å². The second-order valence-electron chi connectivity index (χ2n) is 7.95. The standard InChI is InChI=1S/C21H17ClF2N6O2/c1-30-14-5-4-12(27-18-11(7-25)8-26-20(22)29-18)6-13(14)15-16(19(30)31)32-9-21(23,24)17(28-15)10-2-3-10/h4-6,8,10,17,28H,2-3,9H2,1H3,(H,26,27,29). The van der Waals surface area contributed by atoms with Gasteiger partial charge in [-0.25, -0.2) is 13.8 Å². The molecule has 3 aromatic rings. The molecule has 164 valence electrons. The van der Waals surface area contributed by atoms with Crippen molar-refractivity contribution >= 4 is 39.7 Å². The Morgan fingerprint density at radius 3 is 2.91 bits per heavy atom. The molecule has 0 amide bonds. The highest BCUT2D eigenvalue weighted by Crippen LogP contribution is 2.45. The molecule has 3 heterocycles. The van der Waals surface area contributed by atoms with Crippen molar-refractivity contribution in [1.82, 2.24) is 14.5 Å². The fourth-order valence-corrected chi connectivity index (χ4v) is 4.09. The van der Waals surface area contributed by atoms with E-state index >= 15 is 0 Å². The normalized spacial score (nSPS) is 19.3. The van der Waals surface area contributed by atoms with Gasteiger partial charge in [-0.05, 0) is 48.6 Å². The number of hydrogen-bond acceptors (Lipinski definition) is 7. The van der Waals surface area contributed by atoms with Crippen LogP contribution in [0.1, 0.15) is 18.4 Å². The summed E-state index contributed by atoms with van der Waals surface area (Å²) in [5, 5.41) is 15.7. The molecule has 11 heteroatoms. The Kier molecular flexibility index (Phi) is 4.67. The molecule has 2 aliphatic rings. The number of hydrogen-bond donors (Lipinski definition) is 2. The van der Waals surface area contributed by atoms with E-state index in [0.29, 0.717) is 29.4 Å². The smallest absolute Gasteiger partial charge is 0.301 e. The number of halogens is 3. The molecule has 0 radical (unpaired) electrons. The number of pyridine rings is 1. The van der Waals surface area contributed by atoms with Crippen LogP contribution in [0.4, 0.5) is 26.0 Å². The lowest BCUT2D eigenvalue weighted by atomic mass is 10.0. The Balaban J connectivity index is 1.65. The van der Waals surface area contributed by atoms with E-state index in [-0.39, 0.29) is 34.0 Å². The van der Waals surface area contributed by atoms with Crippen LogP contribution in [0.25, 0.3) is 10.9 Å². The Labute approximate surface area is 185 Å². The molecule has 1 aliphatic carbocycles. The Morgan fingerprint density at radius 2 is 2.19 bits per heavy atom. The van der Waals surface area contributed by atoms with E-state index in [4.69, 9.17) is 16.3 Å². The molecule has 2 N–H and O–H groups in total. The first-order chi connectivity index (χ1) is 15.3. The zero-order valence-corrected chi connectivity index (χ0v) is 17.6. The van der Waals surface area contributed by atoms with Gasteiger partial charge in [0.25, 0.3) is 5.56 Å². The monoisotopic (exact) mass is 458 g/mol. The summed E-state index contributed by atoms with van der Waals surface area (Å²) in [4.78, 5) is 20.7. The quantitative estimate of drug-likeness (QED) is 0.575. The summed E-state index contributed by atoms with van der Waals surface area (Å²) in [6.07, 6.45) is 2.69. The molecule has 8 nitrogen and oxygen atoms in total. The molecular weight excluding hydrogens is 442 g/mol. The van der Waals surface area contributed by atoms with Gasteiger partial charge in [0.2, 0.25) is 11.0 Å². The summed E-state index contributed by atoms with van der Waals surface area (Å²) >= 11 is 5.86. The van der Waals surface area contributed by atoms with Crippen LogP contribution in [-0.4, -0.2) is 33.1 Å². The van der Waals surface area contributed by atoms with Crippen LogP contribution in [0.15, 0.2) is 29.2 Å². The Hall–Kier alpha value is -3.45. The highest BCUT2D eigenvalue weighted by atomic mass is 35.5. The number of nitriles is 1. The van der Waals surface area contributed by atoms with Crippen LogP contribution in [0.5, 0.6) is 5.75 Å². The lowest BCUT2D eigenvalue weighted by Gasteiger charge is -2.25. The lowest BCUT2D eigenvalue weighted by molar-refractivity contribution is -0.0579. The van der Waals surface area contributed by atoms with Crippen molar-refractivity contribution in [2.24, 2.45) is 13.0 Å². The number of aromatic nitrogens is 3. The number of aryl methyl sites for hydroxylation is 1. The molecule has 0 saturated heterocycles. The number of nitrogens with zero attached hydrogens (tertiary/aromatic N) is 4. The predicted molar refractivity (Wildman–Crippen MR) is 115 cm³/mol. The van der Waals surface area contributed by atoms with Gasteiger partial charge in [-0.3, -0.25) is 4.79 Å². The van der Waals surface area contributed by atoms with Gasteiger partial charge in [0.05, 0.1) is 23.4 Å².